The highest BCUT2D eigenvalue weighted by Crippen LogP contribution is 2.55. The minimum atomic E-state index is -0.626. The number of unbranched alkanes of at least 4 members (excludes halogenated alkanes) is 14. The Morgan fingerprint density at radius 3 is 1.69 bits per heavy atom. The molecule has 6 nitrogen and oxygen atoms in total. The maximum absolute atomic E-state index is 12.9. The molecule has 0 bridgehead atoms. The van der Waals surface area contributed by atoms with Crippen molar-refractivity contribution in [3.05, 3.63) is 35.4 Å². The molecule has 2 aliphatic heterocycles. The lowest BCUT2D eigenvalue weighted by Crippen LogP contribution is -2.39. The number of ether oxygens (including phenoxy) is 2. The Balaban J connectivity index is 1.25. The van der Waals surface area contributed by atoms with Crippen LogP contribution in [0.2, 0.25) is 0 Å². The SMILES string of the molecule is CCCCCCCCCCCCCCCCCC1C2C(=O)OC(=O)C2c2ccccc2C1C1CC(=O)OC1=O. The number of hydrogen-bond acceptors (Lipinski definition) is 6. The first-order valence-electron chi connectivity index (χ1n) is 15.6. The summed E-state index contributed by atoms with van der Waals surface area (Å²) in [5.41, 5.74) is 1.64. The van der Waals surface area contributed by atoms with Crippen LogP contribution in [0.25, 0.3) is 0 Å². The van der Waals surface area contributed by atoms with Crippen LogP contribution in [-0.4, -0.2) is 23.9 Å². The molecule has 6 heteroatoms. The molecule has 0 N–H and O–H groups in total. The van der Waals surface area contributed by atoms with Crippen LogP contribution in [0.15, 0.2) is 24.3 Å². The second-order valence-corrected chi connectivity index (χ2v) is 11.9. The van der Waals surface area contributed by atoms with Crippen molar-refractivity contribution < 1.29 is 28.7 Å². The Bertz CT molecular complexity index is 1000. The van der Waals surface area contributed by atoms with Gasteiger partial charge in [-0.05, 0) is 23.5 Å². The molecule has 0 aromatic heterocycles. The third kappa shape index (κ3) is 7.37. The first-order chi connectivity index (χ1) is 19.0. The molecule has 1 aromatic rings. The summed E-state index contributed by atoms with van der Waals surface area (Å²) >= 11 is 0. The number of cyclic esters (lactones) is 4. The predicted octanol–water partition coefficient (Wildman–Crippen LogP) is 7.53. The summed E-state index contributed by atoms with van der Waals surface area (Å²) in [6.07, 6.45) is 19.9. The third-order valence-corrected chi connectivity index (χ3v) is 9.18. The number of rotatable bonds is 17. The zero-order valence-corrected chi connectivity index (χ0v) is 23.7. The van der Waals surface area contributed by atoms with Gasteiger partial charge < -0.3 is 9.47 Å². The zero-order chi connectivity index (χ0) is 27.6. The van der Waals surface area contributed by atoms with Crippen molar-refractivity contribution in [2.24, 2.45) is 17.8 Å². The average Bonchev–Trinajstić information content (AvgIpc) is 3.42. The van der Waals surface area contributed by atoms with Gasteiger partial charge in [0.1, 0.15) is 0 Å². The van der Waals surface area contributed by atoms with Gasteiger partial charge in [0.25, 0.3) is 0 Å². The number of carbonyl (C=O) groups is 4. The Kier molecular flexibility index (Phi) is 11.2. The monoisotopic (exact) mass is 538 g/mol. The van der Waals surface area contributed by atoms with Crippen molar-refractivity contribution in [1.29, 1.82) is 0 Å². The van der Waals surface area contributed by atoms with E-state index in [0.29, 0.717) is 0 Å². The number of esters is 4. The number of hydrogen-bond donors (Lipinski definition) is 0. The first kappa shape index (κ1) is 29.5. The van der Waals surface area contributed by atoms with Gasteiger partial charge in [-0.3, -0.25) is 19.2 Å². The van der Waals surface area contributed by atoms with Gasteiger partial charge in [-0.15, -0.1) is 0 Å². The topological polar surface area (TPSA) is 86.7 Å². The maximum Gasteiger partial charge on any atom is 0.321 e. The smallest absolute Gasteiger partial charge is 0.321 e. The van der Waals surface area contributed by atoms with Gasteiger partial charge >= 0.3 is 23.9 Å². The van der Waals surface area contributed by atoms with E-state index in [4.69, 9.17) is 9.47 Å². The molecule has 2 saturated heterocycles. The minimum Gasteiger partial charge on any atom is -0.393 e. The van der Waals surface area contributed by atoms with E-state index in [9.17, 15) is 19.2 Å². The lowest BCUT2D eigenvalue weighted by Gasteiger charge is -2.40. The van der Waals surface area contributed by atoms with Crippen LogP contribution in [0.1, 0.15) is 139 Å². The summed E-state index contributed by atoms with van der Waals surface area (Å²) in [6.45, 7) is 2.26. The van der Waals surface area contributed by atoms with Crippen molar-refractivity contribution in [3.8, 4) is 0 Å². The molecule has 0 spiro atoms. The van der Waals surface area contributed by atoms with E-state index in [0.717, 1.165) is 36.8 Å². The van der Waals surface area contributed by atoms with Crippen LogP contribution >= 0.6 is 0 Å². The molecule has 1 aliphatic carbocycles. The fourth-order valence-corrected chi connectivity index (χ4v) is 7.20. The number of carbonyl (C=O) groups excluding carboxylic acids is 4. The van der Waals surface area contributed by atoms with Crippen LogP contribution < -0.4 is 0 Å². The molecular weight excluding hydrogens is 492 g/mol. The van der Waals surface area contributed by atoms with E-state index in [1.165, 1.54) is 77.0 Å². The Morgan fingerprint density at radius 1 is 0.615 bits per heavy atom. The summed E-state index contributed by atoms with van der Waals surface area (Å²) in [4.78, 5) is 50.2. The molecule has 4 rings (SSSR count). The van der Waals surface area contributed by atoms with Crippen LogP contribution in [0.3, 0.4) is 0 Å². The van der Waals surface area contributed by atoms with Gasteiger partial charge in [-0.25, -0.2) is 0 Å². The lowest BCUT2D eigenvalue weighted by molar-refractivity contribution is -0.156. The zero-order valence-electron chi connectivity index (χ0n) is 23.7. The van der Waals surface area contributed by atoms with Crippen LogP contribution in [0, 0.1) is 17.8 Å². The third-order valence-electron chi connectivity index (χ3n) is 9.18. The molecule has 5 atom stereocenters. The van der Waals surface area contributed by atoms with Gasteiger partial charge in [0, 0.05) is 5.92 Å². The summed E-state index contributed by atoms with van der Waals surface area (Å²) in [5, 5.41) is 0. The normalized spacial score (nSPS) is 25.9. The molecule has 0 radical (unpaired) electrons. The highest BCUT2D eigenvalue weighted by molar-refractivity contribution is 6.01. The van der Waals surface area contributed by atoms with Gasteiger partial charge in [0.2, 0.25) is 0 Å². The minimum absolute atomic E-state index is 0.0214. The van der Waals surface area contributed by atoms with Crippen molar-refractivity contribution in [2.45, 2.75) is 128 Å². The quantitative estimate of drug-likeness (QED) is 0.116. The molecule has 39 heavy (non-hydrogen) atoms. The first-order valence-corrected chi connectivity index (χ1v) is 15.6. The fraction of sp³-hybridized carbons (Fsp3) is 0.697. The summed E-state index contributed by atoms with van der Waals surface area (Å²) < 4.78 is 10.0. The molecule has 0 saturated carbocycles. The fourth-order valence-electron chi connectivity index (χ4n) is 7.20. The van der Waals surface area contributed by atoms with E-state index in [-0.39, 0.29) is 18.3 Å². The molecular formula is C33H46O6. The van der Waals surface area contributed by atoms with Crippen molar-refractivity contribution in [3.63, 3.8) is 0 Å². The predicted molar refractivity (Wildman–Crippen MR) is 149 cm³/mol. The van der Waals surface area contributed by atoms with Crippen LogP contribution in [0.5, 0.6) is 0 Å². The van der Waals surface area contributed by atoms with E-state index >= 15 is 0 Å². The summed E-state index contributed by atoms with van der Waals surface area (Å²) in [5.74, 6) is -4.43. The Morgan fingerprint density at radius 2 is 1.15 bits per heavy atom. The van der Waals surface area contributed by atoms with Crippen molar-refractivity contribution in [2.75, 3.05) is 0 Å². The molecule has 1 aromatic carbocycles. The highest BCUT2D eigenvalue weighted by atomic mass is 16.6. The Hall–Kier alpha value is -2.50. The van der Waals surface area contributed by atoms with E-state index in [1.54, 1.807) is 0 Å². The second-order valence-electron chi connectivity index (χ2n) is 11.9. The second kappa shape index (κ2) is 14.8. The largest absolute Gasteiger partial charge is 0.393 e. The van der Waals surface area contributed by atoms with Crippen molar-refractivity contribution >= 4 is 23.9 Å². The van der Waals surface area contributed by atoms with Crippen LogP contribution in [0.4, 0.5) is 0 Å². The van der Waals surface area contributed by atoms with E-state index in [1.807, 2.05) is 24.3 Å². The standard InChI is InChI=1S/C33H46O6/c1-2-3-4-5-6-7-8-9-10-11-12-13-14-15-16-21-25-28(26-22-27(34)38-31(26)35)23-19-17-18-20-24(23)29-30(25)33(37)39-32(29)36/h17-20,25-26,28-30H,2-16,21-22H2,1H3. The molecule has 0 amide bonds. The molecule has 214 valence electrons. The molecule has 2 fully saturated rings. The van der Waals surface area contributed by atoms with E-state index in [2.05, 4.69) is 6.92 Å². The van der Waals surface area contributed by atoms with Gasteiger partial charge in [-0.1, -0.05) is 128 Å². The van der Waals surface area contributed by atoms with E-state index < -0.39 is 41.6 Å². The molecule has 2 heterocycles. The number of fused-ring (bicyclic) bond motifs is 3. The van der Waals surface area contributed by atoms with Gasteiger partial charge in [0.05, 0.1) is 24.2 Å². The van der Waals surface area contributed by atoms with Gasteiger partial charge in [0.15, 0.2) is 0 Å². The summed E-state index contributed by atoms with van der Waals surface area (Å²) in [7, 11) is 0. The average molecular weight is 539 g/mol. The highest BCUT2D eigenvalue weighted by Gasteiger charge is 2.58. The summed E-state index contributed by atoms with van der Waals surface area (Å²) in [6, 6.07) is 7.52. The maximum atomic E-state index is 12.9. The number of benzene rings is 1. The molecule has 5 unspecified atom stereocenters. The lowest BCUT2D eigenvalue weighted by atomic mass is 9.59. The van der Waals surface area contributed by atoms with Crippen molar-refractivity contribution in [1.82, 2.24) is 0 Å². The van der Waals surface area contributed by atoms with Crippen LogP contribution in [-0.2, 0) is 28.7 Å². The molecule has 3 aliphatic rings. The van der Waals surface area contributed by atoms with Gasteiger partial charge in [-0.2, -0.15) is 0 Å². The Labute approximate surface area is 233 Å².